The highest BCUT2D eigenvalue weighted by Crippen LogP contribution is 2.72. The van der Waals surface area contributed by atoms with Crippen LogP contribution in [0.15, 0.2) is 0 Å². The summed E-state index contributed by atoms with van der Waals surface area (Å²) in [7, 11) is 0. The zero-order valence-electron chi connectivity index (χ0n) is 15.3. The highest BCUT2D eigenvalue weighted by molar-refractivity contribution is 5.88. The lowest BCUT2D eigenvalue weighted by atomic mass is 9.38. The summed E-state index contributed by atoms with van der Waals surface area (Å²) >= 11 is 0. The van der Waals surface area contributed by atoms with Crippen LogP contribution in [0.4, 0.5) is 0 Å². The van der Waals surface area contributed by atoms with Crippen molar-refractivity contribution in [2.24, 2.45) is 33.5 Å². The van der Waals surface area contributed by atoms with Crippen LogP contribution in [0.2, 0.25) is 0 Å². The molecule has 0 unspecified atom stereocenters. The number of hydrogen-bond donors (Lipinski definition) is 0. The second-order valence-corrected chi connectivity index (χ2v) is 10.2. The van der Waals surface area contributed by atoms with Crippen LogP contribution in [0.25, 0.3) is 0 Å². The van der Waals surface area contributed by atoms with E-state index in [2.05, 4.69) is 27.7 Å². The van der Waals surface area contributed by atoms with Crippen LogP contribution >= 0.6 is 0 Å². The molecule has 0 aromatic carbocycles. The molecule has 2 nitrogen and oxygen atoms in total. The van der Waals surface area contributed by atoms with Gasteiger partial charge in [0.1, 0.15) is 11.6 Å². The van der Waals surface area contributed by atoms with Crippen molar-refractivity contribution in [1.29, 1.82) is 0 Å². The van der Waals surface area contributed by atoms with E-state index in [1.807, 2.05) is 0 Å². The molecule has 4 rings (SSSR count). The number of hydrogen-bond acceptors (Lipinski definition) is 2. The predicted molar refractivity (Wildman–Crippen MR) is 91.0 cm³/mol. The van der Waals surface area contributed by atoms with Gasteiger partial charge in [0.15, 0.2) is 0 Å². The van der Waals surface area contributed by atoms with Crippen LogP contribution in [0, 0.1) is 33.5 Å². The van der Waals surface area contributed by atoms with E-state index in [9.17, 15) is 9.59 Å². The van der Waals surface area contributed by atoms with E-state index < -0.39 is 0 Å². The number of rotatable bonds is 0. The molecule has 0 spiro atoms. The Hall–Kier alpha value is -0.660. The molecule has 0 N–H and O–H groups in total. The Morgan fingerprint density at radius 1 is 0.783 bits per heavy atom. The molecule has 0 aromatic heterocycles. The van der Waals surface area contributed by atoms with Gasteiger partial charge < -0.3 is 0 Å². The van der Waals surface area contributed by atoms with Crippen LogP contribution in [0.5, 0.6) is 0 Å². The summed E-state index contributed by atoms with van der Waals surface area (Å²) < 4.78 is 0. The third kappa shape index (κ3) is 1.71. The van der Waals surface area contributed by atoms with Crippen LogP contribution in [-0.2, 0) is 9.59 Å². The van der Waals surface area contributed by atoms with E-state index in [1.54, 1.807) is 0 Å². The van der Waals surface area contributed by atoms with E-state index >= 15 is 0 Å². The van der Waals surface area contributed by atoms with Crippen LogP contribution in [0.3, 0.4) is 0 Å². The van der Waals surface area contributed by atoms with Gasteiger partial charge in [-0.05, 0) is 66.6 Å². The maximum absolute atomic E-state index is 12.6. The minimum absolute atomic E-state index is 0.0806. The lowest BCUT2D eigenvalue weighted by molar-refractivity contribution is -0.182. The fourth-order valence-corrected chi connectivity index (χ4v) is 7.54. The Labute approximate surface area is 140 Å². The Bertz CT molecular complexity index is 580. The molecule has 4 fully saturated rings. The molecule has 0 heterocycles. The Balaban J connectivity index is 1.75. The molecule has 0 saturated heterocycles. The molecule has 2 heteroatoms. The van der Waals surface area contributed by atoms with Crippen LogP contribution in [0.1, 0.15) is 85.5 Å². The lowest BCUT2D eigenvalue weighted by Gasteiger charge is -2.66. The fraction of sp³-hybridized carbons (Fsp3) is 0.905. The van der Waals surface area contributed by atoms with Gasteiger partial charge in [-0.15, -0.1) is 0 Å². The van der Waals surface area contributed by atoms with Gasteiger partial charge in [0.25, 0.3) is 0 Å². The summed E-state index contributed by atoms with van der Waals surface area (Å²) in [5.41, 5.74) is 0.595. The number of carbonyl (C=O) groups is 2. The van der Waals surface area contributed by atoms with Gasteiger partial charge in [0.2, 0.25) is 0 Å². The summed E-state index contributed by atoms with van der Waals surface area (Å²) in [5.74, 6) is 2.39. The number of fused-ring (bicyclic) bond motifs is 5. The first-order chi connectivity index (χ1) is 10.7. The van der Waals surface area contributed by atoms with E-state index in [-0.39, 0.29) is 16.2 Å². The summed E-state index contributed by atoms with van der Waals surface area (Å²) in [6.07, 6.45) is 9.20. The molecular weight excluding hydrogens is 284 g/mol. The first-order valence-corrected chi connectivity index (χ1v) is 9.71. The third-order valence-electron chi connectivity index (χ3n) is 9.72. The van der Waals surface area contributed by atoms with Gasteiger partial charge in [0, 0.05) is 24.7 Å². The summed E-state index contributed by atoms with van der Waals surface area (Å²) in [6, 6.07) is 0. The molecule has 0 aliphatic heterocycles. The average molecular weight is 316 g/mol. The molecule has 4 aliphatic carbocycles. The van der Waals surface area contributed by atoms with E-state index in [1.165, 1.54) is 19.3 Å². The van der Waals surface area contributed by atoms with Crippen molar-refractivity contribution in [3.63, 3.8) is 0 Å². The zero-order chi connectivity index (χ0) is 16.7. The molecule has 23 heavy (non-hydrogen) atoms. The molecule has 0 radical (unpaired) electrons. The second-order valence-electron chi connectivity index (χ2n) is 10.2. The molecule has 0 amide bonds. The van der Waals surface area contributed by atoms with Crippen molar-refractivity contribution in [1.82, 2.24) is 0 Å². The van der Waals surface area contributed by atoms with Gasteiger partial charge in [-0.3, -0.25) is 9.59 Å². The summed E-state index contributed by atoms with van der Waals surface area (Å²) in [4.78, 5) is 24.8. The first-order valence-electron chi connectivity index (χ1n) is 9.71. The zero-order valence-corrected chi connectivity index (χ0v) is 15.3. The van der Waals surface area contributed by atoms with Gasteiger partial charge in [-0.1, -0.05) is 27.7 Å². The van der Waals surface area contributed by atoms with Crippen molar-refractivity contribution < 1.29 is 9.59 Å². The van der Waals surface area contributed by atoms with E-state index in [4.69, 9.17) is 0 Å². The quantitative estimate of drug-likeness (QED) is 0.634. The fourth-order valence-electron chi connectivity index (χ4n) is 7.54. The van der Waals surface area contributed by atoms with Crippen molar-refractivity contribution in [2.75, 3.05) is 0 Å². The molecule has 6 atom stereocenters. The molecule has 128 valence electrons. The highest BCUT2D eigenvalue weighted by atomic mass is 16.1. The Morgan fingerprint density at radius 2 is 1.39 bits per heavy atom. The maximum Gasteiger partial charge on any atom is 0.139 e. The van der Waals surface area contributed by atoms with Crippen molar-refractivity contribution in [2.45, 2.75) is 85.5 Å². The third-order valence-corrected chi connectivity index (χ3v) is 9.72. The first kappa shape index (κ1) is 15.8. The Morgan fingerprint density at radius 3 is 2.13 bits per heavy atom. The smallest absolute Gasteiger partial charge is 0.139 e. The molecule has 4 saturated carbocycles. The monoisotopic (exact) mass is 316 g/mol. The molecule has 0 aromatic rings. The topological polar surface area (TPSA) is 34.1 Å². The second kappa shape index (κ2) is 4.49. The SMILES string of the molecule is C[C@@]12CC[C@@H]3[C@H](CC[C@@]4(C)C(=O)CC[C@]34C)[C@@]1(C)CCC(=O)C2. The van der Waals surface area contributed by atoms with Crippen LogP contribution in [-0.4, -0.2) is 11.6 Å². The van der Waals surface area contributed by atoms with E-state index in [0.717, 1.165) is 38.5 Å². The minimum atomic E-state index is -0.0806. The Kier molecular flexibility index (Phi) is 3.09. The van der Waals surface area contributed by atoms with Crippen molar-refractivity contribution in [3.8, 4) is 0 Å². The largest absolute Gasteiger partial charge is 0.300 e. The van der Waals surface area contributed by atoms with Gasteiger partial charge in [-0.25, -0.2) is 0 Å². The summed E-state index contributed by atoms with van der Waals surface area (Å²) in [5, 5.41) is 0. The average Bonchev–Trinajstić information content (AvgIpc) is 2.73. The minimum Gasteiger partial charge on any atom is -0.300 e. The van der Waals surface area contributed by atoms with Crippen molar-refractivity contribution in [3.05, 3.63) is 0 Å². The summed E-state index contributed by atoms with van der Waals surface area (Å²) in [6.45, 7) is 9.56. The van der Waals surface area contributed by atoms with Gasteiger partial charge >= 0.3 is 0 Å². The molecular formula is C21H32O2. The number of carbonyl (C=O) groups excluding carboxylic acids is 2. The number of ketones is 2. The molecule has 0 bridgehead atoms. The maximum atomic E-state index is 12.6. The standard InChI is InChI=1S/C21H32O2/c1-18-9-6-16-15(19(18,2)10-5-14(22)13-18)7-11-21(4)17(23)8-12-20(16,21)3/h15-16H,5-13H2,1-4H3/t15-,16+,18-,19+,20+,21-/m0/s1. The van der Waals surface area contributed by atoms with Crippen molar-refractivity contribution >= 4 is 11.6 Å². The van der Waals surface area contributed by atoms with Crippen LogP contribution < -0.4 is 0 Å². The normalized spacial score (nSPS) is 56.0. The van der Waals surface area contributed by atoms with Gasteiger partial charge in [-0.2, -0.15) is 0 Å². The van der Waals surface area contributed by atoms with Gasteiger partial charge in [0.05, 0.1) is 0 Å². The predicted octanol–water partition coefficient (Wildman–Crippen LogP) is 4.95. The highest BCUT2D eigenvalue weighted by Gasteiger charge is 2.67. The number of Topliss-reactive ketones (excluding diaryl/α,β-unsaturated/α-hetero) is 2. The lowest BCUT2D eigenvalue weighted by Crippen LogP contribution is -2.60. The van der Waals surface area contributed by atoms with E-state index in [0.29, 0.717) is 28.8 Å². The molecule has 4 aliphatic rings.